The summed E-state index contributed by atoms with van der Waals surface area (Å²) in [7, 11) is 0. The van der Waals surface area contributed by atoms with E-state index in [-0.39, 0.29) is 18.2 Å². The number of nitriles is 1. The van der Waals surface area contributed by atoms with Crippen LogP contribution in [0.2, 0.25) is 0 Å². The van der Waals surface area contributed by atoms with Crippen LogP contribution in [0.4, 0.5) is 0 Å². The van der Waals surface area contributed by atoms with E-state index in [1.807, 2.05) is 0 Å². The van der Waals surface area contributed by atoms with Gasteiger partial charge in [0.1, 0.15) is 6.26 Å². The Kier molecular flexibility index (Phi) is 2.43. The number of carbonyl (C=O) groups excluding carboxylic acids is 1. The highest BCUT2D eigenvalue weighted by Gasteiger charge is 2.11. The van der Waals surface area contributed by atoms with Gasteiger partial charge in [-0.05, 0) is 6.92 Å². The molecule has 0 aliphatic carbocycles. The molecule has 5 nitrogen and oxygen atoms in total. The highest BCUT2D eigenvalue weighted by Crippen LogP contribution is 2.01. The molecule has 12 heavy (non-hydrogen) atoms. The van der Waals surface area contributed by atoms with Gasteiger partial charge in [0.15, 0.2) is 11.8 Å². The molecule has 0 saturated carbocycles. The monoisotopic (exact) mass is 166 g/mol. The van der Waals surface area contributed by atoms with Gasteiger partial charge in [-0.1, -0.05) is 0 Å². The number of esters is 1. The molecule has 0 unspecified atom stereocenters. The normalized spacial score (nSPS) is 9.00. The lowest BCUT2D eigenvalue weighted by Crippen LogP contribution is -2.04. The summed E-state index contributed by atoms with van der Waals surface area (Å²) >= 11 is 0. The number of ether oxygens (including phenoxy) is 1. The molecular formula is C7H6N2O3. The molecule has 5 heteroatoms. The van der Waals surface area contributed by atoms with Gasteiger partial charge < -0.3 is 9.15 Å². The molecule has 0 aromatic carbocycles. The first-order valence-electron chi connectivity index (χ1n) is 3.30. The van der Waals surface area contributed by atoms with Gasteiger partial charge in [-0.25, -0.2) is 4.79 Å². The van der Waals surface area contributed by atoms with Gasteiger partial charge in [-0.2, -0.15) is 10.2 Å². The lowest BCUT2D eigenvalue weighted by Gasteiger charge is -1.94. The predicted molar refractivity (Wildman–Crippen MR) is 37.2 cm³/mol. The maximum absolute atomic E-state index is 10.9. The summed E-state index contributed by atoms with van der Waals surface area (Å²) in [6.45, 7) is 1.96. The van der Waals surface area contributed by atoms with Crippen LogP contribution < -0.4 is 0 Å². The highest BCUT2D eigenvalue weighted by atomic mass is 16.5. The van der Waals surface area contributed by atoms with Gasteiger partial charge in [0.25, 0.3) is 0 Å². The Labute approximate surface area is 68.6 Å². The van der Waals surface area contributed by atoms with Gasteiger partial charge >= 0.3 is 11.9 Å². The minimum atomic E-state index is -0.581. The van der Waals surface area contributed by atoms with Crippen LogP contribution in [0.25, 0.3) is 0 Å². The van der Waals surface area contributed by atoms with E-state index in [0.717, 1.165) is 6.26 Å². The molecule has 0 spiro atoms. The van der Waals surface area contributed by atoms with E-state index in [1.54, 1.807) is 13.0 Å². The molecule has 1 aromatic rings. The van der Waals surface area contributed by atoms with Gasteiger partial charge in [-0.3, -0.25) is 0 Å². The quantitative estimate of drug-likeness (QED) is 0.605. The number of carbonyl (C=O) groups is 1. The second kappa shape index (κ2) is 3.53. The Morgan fingerprint density at radius 3 is 3.17 bits per heavy atom. The Balaban J connectivity index is 2.76. The smallest absolute Gasteiger partial charge is 0.360 e. The molecule has 0 bridgehead atoms. The molecule has 0 amide bonds. The average molecular weight is 166 g/mol. The molecule has 0 atom stereocenters. The molecule has 0 saturated heterocycles. The summed E-state index contributed by atoms with van der Waals surface area (Å²) < 4.78 is 9.22. The zero-order valence-corrected chi connectivity index (χ0v) is 6.40. The number of hydrogen-bond acceptors (Lipinski definition) is 5. The first-order chi connectivity index (χ1) is 5.77. The number of aromatic nitrogens is 1. The van der Waals surface area contributed by atoms with Crippen molar-refractivity contribution < 1.29 is 13.9 Å². The Morgan fingerprint density at radius 2 is 2.67 bits per heavy atom. The minimum absolute atomic E-state index is 0.0217. The molecule has 0 aliphatic rings. The molecule has 62 valence electrons. The van der Waals surface area contributed by atoms with Crippen molar-refractivity contribution in [3.63, 3.8) is 0 Å². The van der Waals surface area contributed by atoms with E-state index in [0.29, 0.717) is 0 Å². The SMILES string of the molecule is CCOC(=O)c1coc(C#N)n1. The average Bonchev–Trinajstić information content (AvgIpc) is 2.52. The molecule has 1 rings (SSSR count). The first-order valence-corrected chi connectivity index (χ1v) is 3.30. The number of hydrogen-bond donors (Lipinski definition) is 0. The molecule has 1 heterocycles. The van der Waals surface area contributed by atoms with E-state index in [2.05, 4.69) is 14.1 Å². The van der Waals surface area contributed by atoms with Crippen LogP contribution in [0.5, 0.6) is 0 Å². The Morgan fingerprint density at radius 1 is 1.92 bits per heavy atom. The zero-order chi connectivity index (χ0) is 8.97. The Bertz CT molecular complexity index is 324. The molecular weight excluding hydrogens is 160 g/mol. The molecule has 0 radical (unpaired) electrons. The maximum atomic E-state index is 10.9. The molecule has 1 aromatic heterocycles. The fraction of sp³-hybridized carbons (Fsp3) is 0.286. The molecule has 0 aliphatic heterocycles. The first kappa shape index (κ1) is 8.27. The van der Waals surface area contributed by atoms with Crippen LogP contribution in [-0.2, 0) is 4.74 Å². The lowest BCUT2D eigenvalue weighted by molar-refractivity contribution is 0.0519. The van der Waals surface area contributed by atoms with Gasteiger partial charge in [0, 0.05) is 0 Å². The number of oxazole rings is 1. The van der Waals surface area contributed by atoms with E-state index in [9.17, 15) is 4.79 Å². The molecule has 0 N–H and O–H groups in total. The van der Waals surface area contributed by atoms with Crippen molar-refractivity contribution in [3.8, 4) is 6.07 Å². The van der Waals surface area contributed by atoms with Crippen molar-refractivity contribution in [1.82, 2.24) is 4.98 Å². The van der Waals surface area contributed by atoms with Gasteiger partial charge in [0.2, 0.25) is 0 Å². The predicted octanol–water partition coefficient (Wildman–Crippen LogP) is 0.723. The van der Waals surface area contributed by atoms with Crippen LogP contribution in [0.3, 0.4) is 0 Å². The zero-order valence-electron chi connectivity index (χ0n) is 6.40. The van der Waals surface area contributed by atoms with Crippen LogP contribution in [0.1, 0.15) is 23.3 Å². The van der Waals surface area contributed by atoms with Crippen LogP contribution >= 0.6 is 0 Å². The second-order valence-electron chi connectivity index (χ2n) is 1.87. The van der Waals surface area contributed by atoms with Crippen LogP contribution in [-0.4, -0.2) is 17.6 Å². The van der Waals surface area contributed by atoms with Gasteiger partial charge in [0.05, 0.1) is 6.61 Å². The minimum Gasteiger partial charge on any atom is -0.461 e. The van der Waals surface area contributed by atoms with Crippen LogP contribution in [0.15, 0.2) is 10.7 Å². The van der Waals surface area contributed by atoms with Crippen molar-refractivity contribution in [2.45, 2.75) is 6.92 Å². The fourth-order valence-electron chi connectivity index (χ4n) is 0.624. The molecule has 0 fully saturated rings. The van der Waals surface area contributed by atoms with E-state index >= 15 is 0 Å². The standard InChI is InChI=1S/C7H6N2O3/c1-2-11-7(10)5-4-12-6(3-8)9-5/h4H,2H2,1H3. The highest BCUT2D eigenvalue weighted by molar-refractivity contribution is 5.86. The summed E-state index contributed by atoms with van der Waals surface area (Å²) in [5.41, 5.74) is 0.0217. The lowest BCUT2D eigenvalue weighted by atomic mass is 10.5. The van der Waals surface area contributed by atoms with Crippen LogP contribution in [0, 0.1) is 11.3 Å². The van der Waals surface area contributed by atoms with Crippen molar-refractivity contribution in [3.05, 3.63) is 17.8 Å². The van der Waals surface area contributed by atoms with E-state index < -0.39 is 5.97 Å². The summed E-state index contributed by atoms with van der Waals surface area (Å²) in [5.74, 6) is -0.721. The summed E-state index contributed by atoms with van der Waals surface area (Å²) in [5, 5.41) is 8.30. The van der Waals surface area contributed by atoms with Crippen molar-refractivity contribution in [2.75, 3.05) is 6.61 Å². The third kappa shape index (κ3) is 1.61. The second-order valence-corrected chi connectivity index (χ2v) is 1.87. The van der Waals surface area contributed by atoms with Crippen molar-refractivity contribution in [1.29, 1.82) is 5.26 Å². The summed E-state index contributed by atoms with van der Waals surface area (Å²) in [4.78, 5) is 14.5. The number of rotatable bonds is 2. The Hall–Kier alpha value is -1.83. The van der Waals surface area contributed by atoms with E-state index in [4.69, 9.17) is 5.26 Å². The van der Waals surface area contributed by atoms with E-state index in [1.165, 1.54) is 0 Å². The summed E-state index contributed by atoms with van der Waals surface area (Å²) in [6.07, 6.45) is 1.09. The topological polar surface area (TPSA) is 76.1 Å². The summed E-state index contributed by atoms with van der Waals surface area (Å²) in [6, 6.07) is 1.66. The van der Waals surface area contributed by atoms with Crippen molar-refractivity contribution in [2.24, 2.45) is 0 Å². The maximum Gasteiger partial charge on any atom is 0.360 e. The van der Waals surface area contributed by atoms with Crippen molar-refractivity contribution >= 4 is 5.97 Å². The van der Waals surface area contributed by atoms with Gasteiger partial charge in [-0.15, -0.1) is 0 Å². The largest absolute Gasteiger partial charge is 0.461 e. The third-order valence-corrected chi connectivity index (χ3v) is 1.08. The number of nitrogens with zero attached hydrogens (tertiary/aromatic N) is 2. The fourth-order valence-corrected chi connectivity index (χ4v) is 0.624. The third-order valence-electron chi connectivity index (χ3n) is 1.08.